The molecule has 324 valence electrons. The summed E-state index contributed by atoms with van der Waals surface area (Å²) in [5.41, 5.74) is 1.86. The second-order valence-corrected chi connectivity index (χ2v) is 19.2. The number of hydrogen-bond acceptors (Lipinski definition) is 13. The fraction of sp³-hybridized carbons (Fsp3) is 0.356. The van der Waals surface area contributed by atoms with Crippen LogP contribution in [-0.4, -0.2) is 104 Å². The van der Waals surface area contributed by atoms with Crippen LogP contribution in [0.5, 0.6) is 11.5 Å². The summed E-state index contributed by atoms with van der Waals surface area (Å²) in [4.78, 5) is 27.8. The second-order valence-electron chi connectivity index (χ2n) is 15.8. The number of methoxy groups -OCH3 is 2. The molecule has 3 aliphatic heterocycles. The molecule has 4 aromatic carbocycles. The van der Waals surface area contributed by atoms with Gasteiger partial charge in [0.15, 0.2) is 21.3 Å². The third kappa shape index (κ3) is 7.89. The molecule has 9 rings (SSSR count). The molecule has 2 aromatic heterocycles. The van der Waals surface area contributed by atoms with E-state index in [1.54, 1.807) is 44.6 Å². The lowest BCUT2D eigenvalue weighted by atomic mass is 9.80. The molecule has 3 aliphatic rings. The Hall–Kier alpha value is -5.19. The maximum Gasteiger partial charge on any atom is 0.329 e. The van der Waals surface area contributed by atoms with E-state index in [9.17, 15) is 13.2 Å². The van der Waals surface area contributed by atoms with E-state index in [4.69, 9.17) is 28.0 Å². The lowest BCUT2D eigenvalue weighted by Crippen LogP contribution is -2.38. The SMILES string of the molecule is COc1ccc(C(OC[C@H]2O[C@@H](n3c(=O)[nH]c4c(N(C)C)ncnc43)C[C@@H]2O[P@]2O[C@H](CS(=O)(=O)c3ccccc3)[C@@H]3CCCN32)(c2ccccc2)c2ccc(OC)cc2)cc1. The molecule has 17 heteroatoms. The van der Waals surface area contributed by atoms with Crippen LogP contribution in [0.2, 0.25) is 0 Å². The van der Waals surface area contributed by atoms with Gasteiger partial charge in [-0.25, -0.2) is 32.4 Å². The van der Waals surface area contributed by atoms with E-state index < -0.39 is 54.2 Å². The number of benzene rings is 4. The first-order valence-corrected chi connectivity index (χ1v) is 23.3. The minimum Gasteiger partial charge on any atom is -0.497 e. The Labute approximate surface area is 361 Å². The van der Waals surface area contributed by atoms with Crippen LogP contribution in [0, 0.1) is 0 Å². The first-order chi connectivity index (χ1) is 30.1. The first kappa shape index (κ1) is 42.1. The summed E-state index contributed by atoms with van der Waals surface area (Å²) in [7, 11) is 1.59. The van der Waals surface area contributed by atoms with Gasteiger partial charge in [0.1, 0.15) is 41.3 Å². The number of fused-ring (bicyclic) bond motifs is 2. The molecule has 3 fully saturated rings. The summed E-state index contributed by atoms with van der Waals surface area (Å²) in [6.45, 7) is 0.718. The van der Waals surface area contributed by atoms with Gasteiger partial charge < -0.3 is 37.9 Å². The Morgan fingerprint density at radius 2 is 1.48 bits per heavy atom. The number of sulfone groups is 1. The van der Waals surface area contributed by atoms with Crippen LogP contribution in [0.1, 0.15) is 42.2 Å². The number of ether oxygens (including phenoxy) is 4. The van der Waals surface area contributed by atoms with Gasteiger partial charge in [-0.3, -0.25) is 0 Å². The van der Waals surface area contributed by atoms with Gasteiger partial charge in [-0.1, -0.05) is 72.8 Å². The molecular weight excluding hydrogens is 832 g/mol. The number of anilines is 1. The van der Waals surface area contributed by atoms with Crippen LogP contribution in [0.4, 0.5) is 5.82 Å². The predicted octanol–water partition coefficient (Wildman–Crippen LogP) is 6.45. The number of rotatable bonds is 15. The van der Waals surface area contributed by atoms with Gasteiger partial charge in [-0.2, -0.15) is 0 Å². The number of hydrogen-bond donors (Lipinski definition) is 1. The zero-order valence-corrected chi connectivity index (χ0v) is 36.6. The first-order valence-electron chi connectivity index (χ1n) is 20.5. The zero-order chi connectivity index (χ0) is 43.0. The highest BCUT2D eigenvalue weighted by Gasteiger charge is 2.51. The van der Waals surface area contributed by atoms with Gasteiger partial charge >= 0.3 is 5.69 Å². The molecule has 1 N–H and O–H groups in total. The number of aromatic amines is 1. The number of nitrogens with one attached hydrogen (secondary N) is 1. The Balaban J connectivity index is 1.09. The smallest absolute Gasteiger partial charge is 0.329 e. The molecule has 0 saturated carbocycles. The van der Waals surface area contributed by atoms with Gasteiger partial charge in [-0.05, 0) is 65.9 Å². The Kier molecular flexibility index (Phi) is 11.9. The molecule has 0 bridgehead atoms. The van der Waals surface area contributed by atoms with Crippen LogP contribution in [0.25, 0.3) is 11.2 Å². The predicted molar refractivity (Wildman–Crippen MR) is 234 cm³/mol. The highest BCUT2D eigenvalue weighted by Crippen LogP contribution is 2.58. The van der Waals surface area contributed by atoms with Crippen molar-refractivity contribution < 1.29 is 36.4 Å². The number of H-pyrrole nitrogens is 1. The largest absolute Gasteiger partial charge is 0.497 e. The van der Waals surface area contributed by atoms with E-state index >= 15 is 0 Å². The van der Waals surface area contributed by atoms with Crippen molar-refractivity contribution in [2.24, 2.45) is 0 Å². The molecule has 5 heterocycles. The van der Waals surface area contributed by atoms with Crippen LogP contribution in [-0.2, 0) is 34.0 Å². The fourth-order valence-corrected chi connectivity index (χ4v) is 12.4. The molecule has 6 aromatic rings. The van der Waals surface area contributed by atoms with Gasteiger partial charge in [0.25, 0.3) is 8.53 Å². The fourth-order valence-electron chi connectivity index (χ4n) is 8.82. The molecule has 62 heavy (non-hydrogen) atoms. The molecular formula is C45H49N6O9PS. The lowest BCUT2D eigenvalue weighted by molar-refractivity contribution is -0.0911. The van der Waals surface area contributed by atoms with Crippen molar-refractivity contribution in [1.82, 2.24) is 24.2 Å². The Morgan fingerprint density at radius 1 is 0.855 bits per heavy atom. The number of imidazole rings is 1. The van der Waals surface area contributed by atoms with Gasteiger partial charge in [0.05, 0.1) is 43.7 Å². The minimum absolute atomic E-state index is 0.0155. The van der Waals surface area contributed by atoms with Crippen molar-refractivity contribution in [1.29, 1.82) is 0 Å². The standard InChI is InChI=1S/C45H49N6O9PS/c1-49(2)42-41-43(47-29-46-42)51(44(52)48-41)40-26-37(59-61-50-25-11-16-36(50)39(60-61)28-62(53,54)35-14-9-6-10-15-35)38(58-40)27-57-45(30-12-7-5-8-13-30,31-17-21-33(55-3)22-18-31)32-19-23-34(56-4)24-20-32/h5-10,12-15,17-24,29,36-40H,11,16,25-28H2,1-4H3,(H,48,52)/t36-,37-,38+,39+,40+,61+/m0/s1. The molecule has 0 aliphatic carbocycles. The molecule has 0 radical (unpaired) electrons. The summed E-state index contributed by atoms with van der Waals surface area (Å²) < 4.78 is 69.9. The van der Waals surface area contributed by atoms with Crippen LogP contribution < -0.4 is 20.1 Å². The van der Waals surface area contributed by atoms with E-state index in [0.717, 1.165) is 29.5 Å². The quantitative estimate of drug-likeness (QED) is 0.0887. The highest BCUT2D eigenvalue weighted by molar-refractivity contribution is 7.91. The maximum absolute atomic E-state index is 13.8. The van der Waals surface area contributed by atoms with Gasteiger partial charge in [0.2, 0.25) is 0 Å². The van der Waals surface area contributed by atoms with Crippen LogP contribution in [0.3, 0.4) is 0 Å². The molecule has 0 unspecified atom stereocenters. The maximum atomic E-state index is 13.8. The third-order valence-electron chi connectivity index (χ3n) is 11.9. The Morgan fingerprint density at radius 3 is 2.11 bits per heavy atom. The van der Waals surface area contributed by atoms with Gasteiger partial charge in [0, 0.05) is 33.1 Å². The number of nitrogens with zero attached hydrogens (tertiary/aromatic N) is 5. The Bertz CT molecular complexity index is 2600. The third-order valence-corrected chi connectivity index (χ3v) is 15.4. The summed E-state index contributed by atoms with van der Waals surface area (Å²) in [5.74, 6) is 1.78. The normalized spacial score (nSPS) is 22.8. The van der Waals surface area contributed by atoms with E-state index in [-0.39, 0.29) is 29.7 Å². The second kappa shape index (κ2) is 17.5. The summed E-state index contributed by atoms with van der Waals surface area (Å²) in [6, 6.07) is 33.9. The average molecular weight is 881 g/mol. The molecule has 15 nitrogen and oxygen atoms in total. The van der Waals surface area contributed by atoms with E-state index in [2.05, 4.69) is 19.6 Å². The molecule has 0 amide bonds. The number of aromatic nitrogens is 4. The minimum atomic E-state index is -3.64. The topological polar surface area (TPSA) is 160 Å². The monoisotopic (exact) mass is 880 g/mol. The summed E-state index contributed by atoms with van der Waals surface area (Å²) in [5, 5.41) is 0. The molecule has 6 atom stereocenters. The van der Waals surface area contributed by atoms with Crippen molar-refractivity contribution in [3.8, 4) is 11.5 Å². The van der Waals surface area contributed by atoms with Crippen molar-refractivity contribution in [3.63, 3.8) is 0 Å². The lowest BCUT2D eigenvalue weighted by Gasteiger charge is -2.37. The average Bonchev–Trinajstić information content (AvgIpc) is 4.09. The highest BCUT2D eigenvalue weighted by atomic mass is 32.2. The van der Waals surface area contributed by atoms with Gasteiger partial charge in [-0.15, -0.1) is 0 Å². The van der Waals surface area contributed by atoms with Crippen molar-refractivity contribution in [2.75, 3.05) is 52.1 Å². The van der Waals surface area contributed by atoms with Crippen LogP contribution >= 0.6 is 8.53 Å². The van der Waals surface area contributed by atoms with E-state index in [0.29, 0.717) is 35.0 Å². The zero-order valence-electron chi connectivity index (χ0n) is 34.9. The summed E-state index contributed by atoms with van der Waals surface area (Å²) in [6.07, 6.45) is 0.569. The van der Waals surface area contributed by atoms with E-state index in [1.807, 2.05) is 97.9 Å². The molecule has 3 saturated heterocycles. The summed E-state index contributed by atoms with van der Waals surface area (Å²) >= 11 is 0. The van der Waals surface area contributed by atoms with Crippen molar-refractivity contribution in [3.05, 3.63) is 143 Å². The van der Waals surface area contributed by atoms with Crippen LogP contribution in [0.15, 0.2) is 125 Å². The van der Waals surface area contributed by atoms with E-state index in [1.165, 1.54) is 10.9 Å². The molecule has 0 spiro atoms. The van der Waals surface area contributed by atoms with Crippen molar-refractivity contribution >= 4 is 35.3 Å². The van der Waals surface area contributed by atoms with Crippen molar-refractivity contribution in [2.45, 2.75) is 60.3 Å².